The Hall–Kier alpha value is -0.770. The monoisotopic (exact) mass is 283 g/mol. The van der Waals surface area contributed by atoms with E-state index >= 15 is 0 Å². The van der Waals surface area contributed by atoms with Crippen LogP contribution in [0.5, 0.6) is 5.75 Å². The van der Waals surface area contributed by atoms with E-state index in [-0.39, 0.29) is 0 Å². The fraction of sp³-hybridized carbons (Fsp3) is 0.600. The largest absolute Gasteiger partial charge is 0.495 e. The lowest BCUT2D eigenvalue weighted by molar-refractivity contribution is 0.0600. The Morgan fingerprint density at radius 1 is 1.32 bits per heavy atom. The second-order valence-corrected chi connectivity index (χ2v) is 5.45. The molecule has 0 radical (unpaired) electrons. The Bertz CT molecular complexity index is 409. The Balaban J connectivity index is 2.04. The first kappa shape index (κ1) is 14.6. The third-order valence-corrected chi connectivity index (χ3v) is 4.01. The normalized spacial score (nSPS) is 20.5. The molecule has 0 amide bonds. The van der Waals surface area contributed by atoms with Crippen molar-refractivity contribution in [1.29, 1.82) is 0 Å². The Kier molecular flexibility index (Phi) is 5.49. The molecule has 0 spiro atoms. The highest BCUT2D eigenvalue weighted by Gasteiger charge is 2.22. The third-order valence-electron chi connectivity index (χ3n) is 3.71. The Morgan fingerprint density at radius 2 is 2.16 bits per heavy atom. The van der Waals surface area contributed by atoms with Gasteiger partial charge in [0.1, 0.15) is 5.75 Å². The van der Waals surface area contributed by atoms with Crippen molar-refractivity contribution in [3.63, 3.8) is 0 Å². The molecule has 1 aromatic rings. The van der Waals surface area contributed by atoms with Gasteiger partial charge in [0.05, 0.1) is 18.7 Å². The third kappa shape index (κ3) is 3.85. The molecule has 1 unspecified atom stereocenters. The number of piperidine rings is 1. The molecule has 0 N–H and O–H groups in total. The maximum absolute atomic E-state index is 6.18. The molecular formula is C15H22ClNO2. The molecule has 1 aliphatic heterocycles. The van der Waals surface area contributed by atoms with Gasteiger partial charge in [0, 0.05) is 19.7 Å². The quantitative estimate of drug-likeness (QED) is 0.827. The number of nitrogens with zero attached hydrogens (tertiary/aromatic N) is 1. The first-order valence-corrected chi connectivity index (χ1v) is 7.17. The first-order chi connectivity index (χ1) is 9.24. The summed E-state index contributed by atoms with van der Waals surface area (Å²) in [5.41, 5.74) is 1.23. The van der Waals surface area contributed by atoms with E-state index in [1.165, 1.54) is 24.8 Å². The minimum absolute atomic E-state index is 0.527. The highest BCUT2D eigenvalue weighted by atomic mass is 35.5. The second-order valence-electron chi connectivity index (χ2n) is 5.04. The van der Waals surface area contributed by atoms with Gasteiger partial charge < -0.3 is 9.47 Å². The second kappa shape index (κ2) is 7.13. The van der Waals surface area contributed by atoms with Crippen LogP contribution in [-0.2, 0) is 11.3 Å². The van der Waals surface area contributed by atoms with Crippen molar-refractivity contribution in [2.24, 2.45) is 0 Å². The minimum Gasteiger partial charge on any atom is -0.495 e. The molecule has 4 heteroatoms. The van der Waals surface area contributed by atoms with Crippen molar-refractivity contribution < 1.29 is 9.47 Å². The topological polar surface area (TPSA) is 21.7 Å². The number of halogens is 1. The van der Waals surface area contributed by atoms with Crippen LogP contribution in [0.4, 0.5) is 0 Å². The number of hydrogen-bond donors (Lipinski definition) is 0. The van der Waals surface area contributed by atoms with E-state index < -0.39 is 0 Å². The Morgan fingerprint density at radius 3 is 2.84 bits per heavy atom. The van der Waals surface area contributed by atoms with E-state index in [4.69, 9.17) is 21.1 Å². The molecule has 1 fully saturated rings. The van der Waals surface area contributed by atoms with Gasteiger partial charge in [-0.1, -0.05) is 24.1 Å². The molecule has 19 heavy (non-hydrogen) atoms. The van der Waals surface area contributed by atoms with Gasteiger partial charge in [0.2, 0.25) is 0 Å². The van der Waals surface area contributed by atoms with Crippen molar-refractivity contribution in [3.05, 3.63) is 28.8 Å². The number of rotatable bonds is 5. The number of benzene rings is 1. The van der Waals surface area contributed by atoms with Crippen LogP contribution < -0.4 is 4.74 Å². The summed E-state index contributed by atoms with van der Waals surface area (Å²) in [4.78, 5) is 2.49. The molecule has 1 aliphatic rings. The van der Waals surface area contributed by atoms with Crippen molar-refractivity contribution in [2.45, 2.75) is 31.8 Å². The molecule has 2 rings (SSSR count). The van der Waals surface area contributed by atoms with E-state index in [0.717, 1.165) is 25.4 Å². The van der Waals surface area contributed by atoms with Crippen molar-refractivity contribution in [2.75, 3.05) is 27.4 Å². The molecule has 1 atom stereocenters. The van der Waals surface area contributed by atoms with Crippen LogP contribution in [0.25, 0.3) is 0 Å². The predicted molar refractivity (Wildman–Crippen MR) is 77.9 cm³/mol. The maximum Gasteiger partial charge on any atom is 0.137 e. The lowest BCUT2D eigenvalue weighted by atomic mass is 10.0. The van der Waals surface area contributed by atoms with Gasteiger partial charge in [-0.25, -0.2) is 0 Å². The van der Waals surface area contributed by atoms with Crippen LogP contribution in [-0.4, -0.2) is 38.3 Å². The molecule has 0 bridgehead atoms. The standard InChI is InChI=1S/C15H22ClNO2/c1-18-11-13-5-3-4-8-17(13)10-12-6-7-15(19-2)14(16)9-12/h6-7,9,13H,3-5,8,10-11H2,1-2H3. The molecule has 3 nitrogen and oxygen atoms in total. The SMILES string of the molecule is COCC1CCCCN1Cc1ccc(OC)c(Cl)c1. The number of ether oxygens (including phenoxy) is 2. The molecule has 1 saturated heterocycles. The molecule has 1 aromatic carbocycles. The lowest BCUT2D eigenvalue weighted by Gasteiger charge is -2.35. The minimum atomic E-state index is 0.527. The summed E-state index contributed by atoms with van der Waals surface area (Å²) in [5, 5.41) is 0.681. The van der Waals surface area contributed by atoms with Crippen LogP contribution in [0.1, 0.15) is 24.8 Å². The summed E-state index contributed by atoms with van der Waals surface area (Å²) in [5.74, 6) is 0.734. The summed E-state index contributed by atoms with van der Waals surface area (Å²) in [7, 11) is 3.41. The number of methoxy groups -OCH3 is 2. The summed E-state index contributed by atoms with van der Waals surface area (Å²) in [6.07, 6.45) is 3.79. The zero-order valence-corrected chi connectivity index (χ0v) is 12.4. The van der Waals surface area contributed by atoms with Crippen LogP contribution >= 0.6 is 11.6 Å². The molecule has 1 heterocycles. The van der Waals surface area contributed by atoms with Crippen molar-refractivity contribution >= 4 is 11.6 Å². The van der Waals surface area contributed by atoms with Crippen LogP contribution in [0, 0.1) is 0 Å². The summed E-state index contributed by atoms with van der Waals surface area (Å²) >= 11 is 6.18. The van der Waals surface area contributed by atoms with Gasteiger partial charge in [-0.3, -0.25) is 4.90 Å². The van der Waals surface area contributed by atoms with Gasteiger partial charge in [-0.2, -0.15) is 0 Å². The molecule has 0 aromatic heterocycles. The van der Waals surface area contributed by atoms with E-state index in [0.29, 0.717) is 11.1 Å². The van der Waals surface area contributed by atoms with Gasteiger partial charge in [-0.15, -0.1) is 0 Å². The maximum atomic E-state index is 6.18. The summed E-state index contributed by atoms with van der Waals surface area (Å²) in [6.45, 7) is 2.87. The average Bonchev–Trinajstić information content (AvgIpc) is 2.41. The van der Waals surface area contributed by atoms with Crippen molar-refractivity contribution in [1.82, 2.24) is 4.90 Å². The van der Waals surface area contributed by atoms with Gasteiger partial charge in [0.15, 0.2) is 0 Å². The highest BCUT2D eigenvalue weighted by Crippen LogP contribution is 2.27. The zero-order chi connectivity index (χ0) is 13.7. The lowest BCUT2D eigenvalue weighted by Crippen LogP contribution is -2.41. The fourth-order valence-electron chi connectivity index (χ4n) is 2.69. The van der Waals surface area contributed by atoms with Gasteiger partial charge >= 0.3 is 0 Å². The van der Waals surface area contributed by atoms with E-state index in [1.807, 2.05) is 12.1 Å². The van der Waals surface area contributed by atoms with Crippen LogP contribution in [0.2, 0.25) is 5.02 Å². The van der Waals surface area contributed by atoms with Crippen molar-refractivity contribution in [3.8, 4) is 5.75 Å². The van der Waals surface area contributed by atoms with E-state index in [2.05, 4.69) is 11.0 Å². The van der Waals surface area contributed by atoms with Gasteiger partial charge in [-0.05, 0) is 37.1 Å². The van der Waals surface area contributed by atoms with Gasteiger partial charge in [0.25, 0.3) is 0 Å². The summed E-state index contributed by atoms with van der Waals surface area (Å²) in [6, 6.07) is 6.55. The van der Waals surface area contributed by atoms with E-state index in [9.17, 15) is 0 Å². The molecule has 0 aliphatic carbocycles. The van der Waals surface area contributed by atoms with Crippen LogP contribution in [0.3, 0.4) is 0 Å². The number of hydrogen-bond acceptors (Lipinski definition) is 3. The molecule has 0 saturated carbocycles. The summed E-state index contributed by atoms with van der Waals surface area (Å²) < 4.78 is 10.5. The average molecular weight is 284 g/mol. The first-order valence-electron chi connectivity index (χ1n) is 6.80. The zero-order valence-electron chi connectivity index (χ0n) is 11.7. The smallest absolute Gasteiger partial charge is 0.137 e. The van der Waals surface area contributed by atoms with Crippen LogP contribution in [0.15, 0.2) is 18.2 Å². The number of likely N-dealkylation sites (tertiary alicyclic amines) is 1. The van der Waals surface area contributed by atoms with E-state index in [1.54, 1.807) is 14.2 Å². The fourth-order valence-corrected chi connectivity index (χ4v) is 2.97. The molecular weight excluding hydrogens is 262 g/mol. The predicted octanol–water partition coefficient (Wildman–Crippen LogP) is 3.35. The highest BCUT2D eigenvalue weighted by molar-refractivity contribution is 6.32. The molecule has 106 valence electrons. The Labute approximate surface area is 120 Å².